The first-order valence-electron chi connectivity index (χ1n) is 6.48. The van der Waals surface area contributed by atoms with Crippen molar-refractivity contribution in [1.82, 2.24) is 14.9 Å². The summed E-state index contributed by atoms with van der Waals surface area (Å²) < 4.78 is 15.5. The molecule has 2 rings (SSSR count). The lowest BCUT2D eigenvalue weighted by atomic mass is 10.1. The Morgan fingerprint density at radius 1 is 1.45 bits per heavy atom. The monoisotopic (exact) mass is 276 g/mol. The Balaban J connectivity index is 1.99. The van der Waals surface area contributed by atoms with Gasteiger partial charge in [-0.15, -0.1) is 0 Å². The van der Waals surface area contributed by atoms with Crippen molar-refractivity contribution in [1.29, 1.82) is 0 Å². The third-order valence-electron chi connectivity index (χ3n) is 2.83. The van der Waals surface area contributed by atoms with Crippen LogP contribution in [0.3, 0.4) is 0 Å². The summed E-state index contributed by atoms with van der Waals surface area (Å²) in [6.07, 6.45) is 5.18. The standard InChI is InChI=1S/C14H17FN4O/c1-2-17-13-11(4-3-5-12(13)15)14(20)18-7-9-19-8-6-16-10-19/h3-6,8,10,17H,2,7,9H2,1H3,(H,18,20). The summed E-state index contributed by atoms with van der Waals surface area (Å²) in [5.74, 6) is -0.713. The number of nitrogens with one attached hydrogen (secondary N) is 2. The molecule has 2 aromatic rings. The molecule has 0 saturated carbocycles. The average Bonchev–Trinajstić information content (AvgIpc) is 2.94. The van der Waals surface area contributed by atoms with E-state index < -0.39 is 5.82 Å². The molecule has 0 atom stereocenters. The highest BCUT2D eigenvalue weighted by atomic mass is 19.1. The highest BCUT2D eigenvalue weighted by Gasteiger charge is 2.13. The second-order valence-electron chi connectivity index (χ2n) is 4.25. The van der Waals surface area contributed by atoms with E-state index >= 15 is 0 Å². The summed E-state index contributed by atoms with van der Waals surface area (Å²) in [6.45, 7) is 3.48. The lowest BCUT2D eigenvalue weighted by Crippen LogP contribution is -2.28. The van der Waals surface area contributed by atoms with E-state index in [1.54, 1.807) is 18.6 Å². The molecule has 0 radical (unpaired) electrons. The quantitative estimate of drug-likeness (QED) is 0.847. The minimum atomic E-state index is -0.422. The van der Waals surface area contributed by atoms with Crippen molar-refractivity contribution in [3.05, 3.63) is 48.3 Å². The predicted molar refractivity (Wildman–Crippen MR) is 75.1 cm³/mol. The van der Waals surface area contributed by atoms with Gasteiger partial charge in [-0.2, -0.15) is 0 Å². The van der Waals surface area contributed by atoms with Gasteiger partial charge in [0, 0.05) is 32.0 Å². The molecular weight excluding hydrogens is 259 g/mol. The van der Waals surface area contributed by atoms with Crippen molar-refractivity contribution in [3.8, 4) is 0 Å². The highest BCUT2D eigenvalue weighted by molar-refractivity contribution is 5.99. The molecule has 0 aliphatic carbocycles. The number of anilines is 1. The Bertz CT molecular complexity index is 569. The number of aromatic nitrogens is 2. The van der Waals surface area contributed by atoms with E-state index in [9.17, 15) is 9.18 Å². The van der Waals surface area contributed by atoms with Gasteiger partial charge in [-0.25, -0.2) is 9.37 Å². The molecule has 106 valence electrons. The summed E-state index contributed by atoms with van der Waals surface area (Å²) in [4.78, 5) is 16.0. The van der Waals surface area contributed by atoms with Crippen LogP contribution < -0.4 is 10.6 Å². The largest absolute Gasteiger partial charge is 0.382 e. The Morgan fingerprint density at radius 2 is 2.30 bits per heavy atom. The molecule has 0 spiro atoms. The van der Waals surface area contributed by atoms with Gasteiger partial charge in [-0.1, -0.05) is 6.07 Å². The number of imidazole rings is 1. The van der Waals surface area contributed by atoms with E-state index in [-0.39, 0.29) is 11.6 Å². The van der Waals surface area contributed by atoms with Crippen LogP contribution in [0.1, 0.15) is 17.3 Å². The fourth-order valence-electron chi connectivity index (χ4n) is 1.88. The van der Waals surface area contributed by atoms with Gasteiger partial charge in [0.15, 0.2) is 0 Å². The van der Waals surface area contributed by atoms with Crippen LogP contribution in [-0.4, -0.2) is 28.5 Å². The van der Waals surface area contributed by atoms with Crippen LogP contribution in [0.25, 0.3) is 0 Å². The average molecular weight is 276 g/mol. The van der Waals surface area contributed by atoms with E-state index in [0.29, 0.717) is 25.2 Å². The molecule has 0 bridgehead atoms. The fourth-order valence-corrected chi connectivity index (χ4v) is 1.88. The minimum Gasteiger partial charge on any atom is -0.382 e. The van der Waals surface area contributed by atoms with Crippen molar-refractivity contribution in [2.24, 2.45) is 0 Å². The van der Waals surface area contributed by atoms with Crippen molar-refractivity contribution in [2.75, 3.05) is 18.4 Å². The van der Waals surface area contributed by atoms with Crippen molar-refractivity contribution in [3.63, 3.8) is 0 Å². The first kappa shape index (κ1) is 14.0. The molecule has 1 aromatic carbocycles. The molecule has 1 amide bonds. The Hall–Kier alpha value is -2.37. The molecule has 0 fully saturated rings. The SMILES string of the molecule is CCNc1c(F)cccc1C(=O)NCCn1ccnc1. The van der Waals surface area contributed by atoms with Gasteiger partial charge in [-0.3, -0.25) is 4.79 Å². The zero-order chi connectivity index (χ0) is 14.4. The number of rotatable bonds is 6. The van der Waals surface area contributed by atoms with E-state index in [2.05, 4.69) is 15.6 Å². The summed E-state index contributed by atoms with van der Waals surface area (Å²) in [5, 5.41) is 5.65. The maximum absolute atomic E-state index is 13.7. The number of hydrogen-bond donors (Lipinski definition) is 2. The first-order chi connectivity index (χ1) is 9.72. The van der Waals surface area contributed by atoms with E-state index in [1.807, 2.05) is 17.7 Å². The molecule has 1 heterocycles. The Labute approximate surface area is 116 Å². The van der Waals surface area contributed by atoms with Crippen molar-refractivity contribution >= 4 is 11.6 Å². The van der Waals surface area contributed by atoms with Gasteiger partial charge in [-0.05, 0) is 19.1 Å². The molecule has 0 unspecified atom stereocenters. The Morgan fingerprint density at radius 3 is 3.00 bits per heavy atom. The summed E-state index contributed by atoms with van der Waals surface area (Å²) in [6, 6.07) is 4.47. The highest BCUT2D eigenvalue weighted by Crippen LogP contribution is 2.19. The maximum Gasteiger partial charge on any atom is 0.253 e. The molecule has 6 heteroatoms. The third kappa shape index (κ3) is 3.34. The van der Waals surface area contributed by atoms with Crippen LogP contribution in [0.4, 0.5) is 10.1 Å². The van der Waals surface area contributed by atoms with Crippen LogP contribution in [0.2, 0.25) is 0 Å². The number of carbonyl (C=O) groups excluding carboxylic acids is 1. The molecule has 20 heavy (non-hydrogen) atoms. The van der Waals surface area contributed by atoms with Gasteiger partial charge >= 0.3 is 0 Å². The molecule has 2 N–H and O–H groups in total. The maximum atomic E-state index is 13.7. The molecule has 0 saturated heterocycles. The second kappa shape index (κ2) is 6.70. The van der Waals surface area contributed by atoms with Gasteiger partial charge in [0.25, 0.3) is 5.91 Å². The van der Waals surface area contributed by atoms with Crippen LogP contribution in [0.5, 0.6) is 0 Å². The lowest BCUT2D eigenvalue weighted by molar-refractivity contribution is 0.0952. The van der Waals surface area contributed by atoms with Crippen LogP contribution in [0.15, 0.2) is 36.9 Å². The zero-order valence-electron chi connectivity index (χ0n) is 11.3. The number of halogens is 1. The number of para-hydroxylation sites is 1. The van der Waals surface area contributed by atoms with Crippen molar-refractivity contribution in [2.45, 2.75) is 13.5 Å². The van der Waals surface area contributed by atoms with Crippen LogP contribution >= 0.6 is 0 Å². The molecule has 5 nitrogen and oxygen atoms in total. The topological polar surface area (TPSA) is 59.0 Å². The number of benzene rings is 1. The molecule has 1 aromatic heterocycles. The number of hydrogen-bond acceptors (Lipinski definition) is 3. The van der Waals surface area contributed by atoms with Crippen LogP contribution in [0, 0.1) is 5.82 Å². The minimum absolute atomic E-state index is 0.245. The van der Waals surface area contributed by atoms with Gasteiger partial charge in [0.1, 0.15) is 5.82 Å². The molecule has 0 aliphatic rings. The number of carbonyl (C=O) groups is 1. The zero-order valence-corrected chi connectivity index (χ0v) is 11.3. The van der Waals surface area contributed by atoms with Gasteiger partial charge < -0.3 is 15.2 Å². The van der Waals surface area contributed by atoms with Crippen molar-refractivity contribution < 1.29 is 9.18 Å². The molecule has 0 aliphatic heterocycles. The lowest BCUT2D eigenvalue weighted by Gasteiger charge is -2.12. The van der Waals surface area contributed by atoms with E-state index in [1.165, 1.54) is 12.1 Å². The third-order valence-corrected chi connectivity index (χ3v) is 2.83. The summed E-state index contributed by atoms with van der Waals surface area (Å²) in [7, 11) is 0. The van der Waals surface area contributed by atoms with Crippen LogP contribution in [-0.2, 0) is 6.54 Å². The first-order valence-corrected chi connectivity index (χ1v) is 6.48. The normalized spacial score (nSPS) is 10.3. The number of amides is 1. The van der Waals surface area contributed by atoms with Gasteiger partial charge in [0.05, 0.1) is 17.6 Å². The Kier molecular flexibility index (Phi) is 4.70. The number of nitrogens with zero attached hydrogens (tertiary/aromatic N) is 2. The predicted octanol–water partition coefficient (Wildman–Crippen LogP) is 1.88. The summed E-state index contributed by atoms with van der Waals surface area (Å²) >= 11 is 0. The molecular formula is C14H17FN4O. The smallest absolute Gasteiger partial charge is 0.253 e. The van der Waals surface area contributed by atoms with E-state index in [4.69, 9.17) is 0 Å². The summed E-state index contributed by atoms with van der Waals surface area (Å²) in [5.41, 5.74) is 0.563. The van der Waals surface area contributed by atoms with E-state index in [0.717, 1.165) is 0 Å². The van der Waals surface area contributed by atoms with Gasteiger partial charge in [0.2, 0.25) is 0 Å². The second-order valence-corrected chi connectivity index (χ2v) is 4.25. The fraction of sp³-hybridized carbons (Fsp3) is 0.286.